The van der Waals surface area contributed by atoms with Gasteiger partial charge in [0.05, 0.1) is 0 Å². The first-order valence-electron chi connectivity index (χ1n) is 9.78. The zero-order valence-corrected chi connectivity index (χ0v) is 17.4. The second-order valence-corrected chi connectivity index (χ2v) is 7.60. The molecule has 0 aromatic heterocycles. The molecule has 0 fully saturated rings. The molecule has 0 saturated carbocycles. The fraction of sp³-hybridized carbons (Fsp3) is 0.154. The van der Waals surface area contributed by atoms with Crippen LogP contribution < -0.4 is 9.47 Å². The predicted molar refractivity (Wildman–Crippen MR) is 115 cm³/mol. The first-order valence-corrected chi connectivity index (χ1v) is 9.78. The third-order valence-corrected chi connectivity index (χ3v) is 5.12. The lowest BCUT2D eigenvalue weighted by atomic mass is 9.92. The molecule has 0 atom stereocenters. The number of allylic oxidation sites excluding steroid dienone is 2. The van der Waals surface area contributed by atoms with Gasteiger partial charge in [-0.3, -0.25) is 9.59 Å². The second-order valence-electron chi connectivity index (χ2n) is 7.60. The van der Waals surface area contributed by atoms with Gasteiger partial charge in [-0.25, -0.2) is 0 Å². The van der Waals surface area contributed by atoms with Crippen molar-refractivity contribution in [1.29, 1.82) is 0 Å². The van der Waals surface area contributed by atoms with Gasteiger partial charge in [-0.05, 0) is 51.0 Å². The molecular weight excluding hydrogens is 376 g/mol. The smallest absolute Gasteiger partial charge is 0.233 e. The van der Waals surface area contributed by atoms with E-state index in [-0.39, 0.29) is 23.1 Å². The van der Waals surface area contributed by atoms with Gasteiger partial charge < -0.3 is 9.47 Å². The van der Waals surface area contributed by atoms with E-state index in [1.54, 1.807) is 36.4 Å². The van der Waals surface area contributed by atoms with Crippen molar-refractivity contribution >= 4 is 11.6 Å². The first-order chi connectivity index (χ1) is 14.3. The molecule has 1 aliphatic carbocycles. The summed E-state index contributed by atoms with van der Waals surface area (Å²) in [6.07, 6.45) is 0. The molecule has 4 nitrogen and oxygen atoms in total. The van der Waals surface area contributed by atoms with Crippen molar-refractivity contribution in [3.8, 4) is 11.5 Å². The van der Waals surface area contributed by atoms with Crippen LogP contribution >= 0.6 is 0 Å². The summed E-state index contributed by atoms with van der Waals surface area (Å²) in [6.45, 7) is 7.76. The maximum Gasteiger partial charge on any atom is 0.233 e. The number of carbonyl (C=O) groups is 2. The lowest BCUT2D eigenvalue weighted by Gasteiger charge is -2.22. The van der Waals surface area contributed by atoms with E-state index in [9.17, 15) is 9.59 Å². The second kappa shape index (κ2) is 7.64. The SMILES string of the molecule is Cc1ccc(OC2=C(Oc3ccc(C)cc3C)C(=O)c3ccccc3C2=O)c(C)c1. The van der Waals surface area contributed by atoms with Gasteiger partial charge in [0.15, 0.2) is 0 Å². The average molecular weight is 398 g/mol. The van der Waals surface area contributed by atoms with Crippen LogP contribution in [0.1, 0.15) is 43.0 Å². The quantitative estimate of drug-likeness (QED) is 0.568. The summed E-state index contributed by atoms with van der Waals surface area (Å²) in [5.41, 5.74) is 4.53. The third-order valence-electron chi connectivity index (χ3n) is 5.12. The van der Waals surface area contributed by atoms with Crippen LogP contribution in [-0.2, 0) is 0 Å². The fourth-order valence-corrected chi connectivity index (χ4v) is 3.56. The summed E-state index contributed by atoms with van der Waals surface area (Å²) < 4.78 is 12.0. The minimum atomic E-state index is -0.370. The van der Waals surface area contributed by atoms with E-state index in [0.29, 0.717) is 22.6 Å². The Bertz CT molecular complexity index is 1120. The van der Waals surface area contributed by atoms with Crippen LogP contribution in [0.25, 0.3) is 0 Å². The molecule has 30 heavy (non-hydrogen) atoms. The summed E-state index contributed by atoms with van der Waals surface area (Å²) >= 11 is 0. The Morgan fingerprint density at radius 3 is 1.33 bits per heavy atom. The largest absolute Gasteiger partial charge is 0.449 e. The van der Waals surface area contributed by atoms with Crippen molar-refractivity contribution in [2.45, 2.75) is 27.7 Å². The molecule has 3 aromatic carbocycles. The molecule has 0 amide bonds. The Labute approximate surface area is 175 Å². The molecular formula is C26H22O4. The van der Waals surface area contributed by atoms with E-state index in [0.717, 1.165) is 22.3 Å². The molecule has 0 spiro atoms. The van der Waals surface area contributed by atoms with Crippen molar-refractivity contribution in [2.75, 3.05) is 0 Å². The van der Waals surface area contributed by atoms with Gasteiger partial charge in [-0.15, -0.1) is 0 Å². The van der Waals surface area contributed by atoms with Crippen LogP contribution in [0.5, 0.6) is 11.5 Å². The highest BCUT2D eigenvalue weighted by Gasteiger charge is 2.36. The summed E-state index contributed by atoms with van der Waals surface area (Å²) in [5.74, 6) is 0.0989. The Morgan fingerprint density at radius 2 is 0.967 bits per heavy atom. The summed E-state index contributed by atoms with van der Waals surface area (Å²) in [5, 5.41) is 0. The van der Waals surface area contributed by atoms with Gasteiger partial charge in [-0.1, -0.05) is 59.7 Å². The molecule has 0 aliphatic heterocycles. The Balaban J connectivity index is 1.85. The van der Waals surface area contributed by atoms with Gasteiger partial charge in [-0.2, -0.15) is 0 Å². The van der Waals surface area contributed by atoms with Crippen molar-refractivity contribution < 1.29 is 19.1 Å². The first kappa shape index (κ1) is 19.6. The van der Waals surface area contributed by atoms with E-state index in [1.165, 1.54) is 0 Å². The highest BCUT2D eigenvalue weighted by Crippen LogP contribution is 2.32. The van der Waals surface area contributed by atoms with Crippen LogP contribution in [-0.4, -0.2) is 11.6 Å². The van der Waals surface area contributed by atoms with Crippen LogP contribution in [0, 0.1) is 27.7 Å². The predicted octanol–water partition coefficient (Wildman–Crippen LogP) is 5.67. The number of hydrogen-bond donors (Lipinski definition) is 0. The highest BCUT2D eigenvalue weighted by atomic mass is 16.5. The van der Waals surface area contributed by atoms with E-state index < -0.39 is 0 Å². The normalized spacial score (nSPS) is 13.3. The number of carbonyl (C=O) groups excluding carboxylic acids is 2. The van der Waals surface area contributed by atoms with Crippen molar-refractivity contribution in [3.63, 3.8) is 0 Å². The Kier molecular flexibility index (Phi) is 5.00. The van der Waals surface area contributed by atoms with Crippen molar-refractivity contribution in [1.82, 2.24) is 0 Å². The van der Waals surface area contributed by atoms with Crippen LogP contribution in [0.15, 0.2) is 72.2 Å². The number of fused-ring (bicyclic) bond motifs is 1. The molecule has 150 valence electrons. The maximum absolute atomic E-state index is 13.3. The molecule has 0 heterocycles. The number of aryl methyl sites for hydroxylation is 4. The fourth-order valence-electron chi connectivity index (χ4n) is 3.56. The van der Waals surface area contributed by atoms with Crippen LogP contribution in [0.2, 0.25) is 0 Å². The Morgan fingerprint density at radius 1 is 0.567 bits per heavy atom. The highest BCUT2D eigenvalue weighted by molar-refractivity contribution is 6.25. The van der Waals surface area contributed by atoms with Crippen LogP contribution in [0.3, 0.4) is 0 Å². The number of benzene rings is 3. The molecule has 0 N–H and O–H groups in total. The number of hydrogen-bond acceptors (Lipinski definition) is 4. The maximum atomic E-state index is 13.3. The van der Waals surface area contributed by atoms with Gasteiger partial charge >= 0.3 is 0 Å². The Hall–Kier alpha value is -3.66. The van der Waals surface area contributed by atoms with E-state index >= 15 is 0 Å². The van der Waals surface area contributed by atoms with Gasteiger partial charge in [0.1, 0.15) is 11.5 Å². The van der Waals surface area contributed by atoms with Gasteiger partial charge in [0.25, 0.3) is 0 Å². The lowest BCUT2D eigenvalue weighted by Crippen LogP contribution is -2.28. The summed E-state index contributed by atoms with van der Waals surface area (Å²) in [4.78, 5) is 26.5. The molecule has 1 aliphatic rings. The lowest BCUT2D eigenvalue weighted by molar-refractivity contribution is 0.0896. The number of Topliss-reactive ketones (excluding diaryl/α,β-unsaturated/α-hetero) is 2. The molecule has 0 saturated heterocycles. The molecule has 0 unspecified atom stereocenters. The zero-order chi connectivity index (χ0) is 21.4. The summed E-state index contributed by atoms with van der Waals surface area (Å²) in [6, 6.07) is 18.0. The van der Waals surface area contributed by atoms with E-state index in [1.807, 2.05) is 52.0 Å². The van der Waals surface area contributed by atoms with Crippen molar-refractivity contribution in [2.24, 2.45) is 0 Å². The summed E-state index contributed by atoms with van der Waals surface area (Å²) in [7, 11) is 0. The number of rotatable bonds is 4. The molecule has 3 aromatic rings. The molecule has 4 heteroatoms. The number of ketones is 2. The van der Waals surface area contributed by atoms with Crippen LogP contribution in [0.4, 0.5) is 0 Å². The minimum absolute atomic E-state index is 0.0920. The van der Waals surface area contributed by atoms with Crippen molar-refractivity contribution in [3.05, 3.63) is 106 Å². The van der Waals surface area contributed by atoms with E-state index in [4.69, 9.17) is 9.47 Å². The topological polar surface area (TPSA) is 52.6 Å². The molecule has 4 rings (SSSR count). The zero-order valence-electron chi connectivity index (χ0n) is 17.4. The van der Waals surface area contributed by atoms with E-state index in [2.05, 4.69) is 0 Å². The standard InChI is InChI=1S/C26H22O4/c1-15-9-11-21(17(3)13-15)29-25-23(27)19-7-5-6-8-20(19)24(28)26(25)30-22-12-10-16(2)14-18(22)4/h5-14H,1-4H3. The monoisotopic (exact) mass is 398 g/mol. The molecule has 0 bridgehead atoms. The van der Waals surface area contributed by atoms with Gasteiger partial charge in [0, 0.05) is 11.1 Å². The average Bonchev–Trinajstić information content (AvgIpc) is 2.71. The third kappa shape index (κ3) is 3.52. The minimum Gasteiger partial charge on any atom is -0.449 e. The molecule has 0 radical (unpaired) electrons. The number of ether oxygens (including phenoxy) is 2. The van der Waals surface area contributed by atoms with Gasteiger partial charge in [0.2, 0.25) is 23.1 Å².